The minimum atomic E-state index is -0.0271. The van der Waals surface area contributed by atoms with Gasteiger partial charge in [-0.3, -0.25) is 4.79 Å². The Morgan fingerprint density at radius 3 is 2.79 bits per heavy atom. The molecule has 1 aromatic heterocycles. The first kappa shape index (κ1) is 19.1. The van der Waals surface area contributed by atoms with Crippen molar-refractivity contribution in [3.8, 4) is 17.1 Å². The van der Waals surface area contributed by atoms with Gasteiger partial charge in [0.15, 0.2) is 0 Å². The zero-order valence-corrected chi connectivity index (χ0v) is 16.6. The highest BCUT2D eigenvalue weighted by Crippen LogP contribution is 2.27. The van der Waals surface area contributed by atoms with Crippen LogP contribution in [0.5, 0.6) is 5.75 Å². The number of hydrogen-bond donors (Lipinski definition) is 0. The van der Waals surface area contributed by atoms with E-state index in [9.17, 15) is 4.79 Å². The number of carbonyl (C=O) groups is 1. The third-order valence-electron chi connectivity index (χ3n) is 5.02. The summed E-state index contributed by atoms with van der Waals surface area (Å²) >= 11 is 0. The highest BCUT2D eigenvalue weighted by molar-refractivity contribution is 5.94. The van der Waals surface area contributed by atoms with Gasteiger partial charge in [-0.1, -0.05) is 31.5 Å². The summed E-state index contributed by atoms with van der Waals surface area (Å²) in [7, 11) is 0. The summed E-state index contributed by atoms with van der Waals surface area (Å²) in [4.78, 5) is 16.0. The van der Waals surface area contributed by atoms with E-state index in [1.165, 1.54) is 10.4 Å². The van der Waals surface area contributed by atoms with Crippen LogP contribution in [0, 0.1) is 0 Å². The zero-order chi connectivity index (χ0) is 20.1. The van der Waals surface area contributed by atoms with E-state index in [1.54, 1.807) is 0 Å². The zero-order valence-electron chi connectivity index (χ0n) is 16.6. The Morgan fingerprint density at radius 1 is 1.14 bits per heavy atom. The Hall–Kier alpha value is -3.22. The summed E-state index contributed by atoms with van der Waals surface area (Å²) in [6, 6.07) is 15.7. The molecule has 0 saturated carbocycles. The Bertz CT molecular complexity index is 967. The molecular formula is C22H25N5O2. The average molecular weight is 391 g/mol. The maximum Gasteiger partial charge on any atom is 0.250 e. The maximum absolute atomic E-state index is 12.8. The molecule has 150 valence electrons. The van der Waals surface area contributed by atoms with Gasteiger partial charge in [-0.2, -0.15) is 4.80 Å². The first-order valence-corrected chi connectivity index (χ1v) is 10.1. The second-order valence-electron chi connectivity index (χ2n) is 7.15. The third-order valence-corrected chi connectivity index (χ3v) is 5.02. The van der Waals surface area contributed by atoms with Crippen molar-refractivity contribution in [1.29, 1.82) is 0 Å². The van der Waals surface area contributed by atoms with Crippen LogP contribution >= 0.6 is 0 Å². The summed E-state index contributed by atoms with van der Waals surface area (Å²) in [5, 5.41) is 12.6. The van der Waals surface area contributed by atoms with Gasteiger partial charge in [0, 0.05) is 17.8 Å². The van der Waals surface area contributed by atoms with Gasteiger partial charge in [-0.15, -0.1) is 10.2 Å². The third kappa shape index (κ3) is 4.45. The molecule has 0 aliphatic carbocycles. The SMILES string of the molecule is CCCCOc1ccc(-c2nnn(CC(=O)N3CCCc4ccccc43)n2)cc1. The molecule has 0 radical (unpaired) electrons. The fourth-order valence-corrected chi connectivity index (χ4v) is 3.46. The van der Waals surface area contributed by atoms with Crippen molar-refractivity contribution in [2.24, 2.45) is 0 Å². The van der Waals surface area contributed by atoms with E-state index in [2.05, 4.69) is 28.4 Å². The van der Waals surface area contributed by atoms with Crippen LogP contribution in [0.2, 0.25) is 0 Å². The molecule has 1 aliphatic heterocycles. The van der Waals surface area contributed by atoms with E-state index in [4.69, 9.17) is 4.74 Å². The molecule has 3 aromatic rings. The fraction of sp³-hybridized carbons (Fsp3) is 0.364. The number of nitrogens with zero attached hydrogens (tertiary/aromatic N) is 5. The van der Waals surface area contributed by atoms with Crippen molar-refractivity contribution in [2.45, 2.75) is 39.2 Å². The molecule has 0 spiro atoms. The minimum Gasteiger partial charge on any atom is -0.494 e. The van der Waals surface area contributed by atoms with Gasteiger partial charge < -0.3 is 9.64 Å². The summed E-state index contributed by atoms with van der Waals surface area (Å²) in [5.41, 5.74) is 3.04. The molecule has 7 nitrogen and oxygen atoms in total. The number of rotatable bonds is 7. The van der Waals surface area contributed by atoms with Crippen LogP contribution in [0.15, 0.2) is 48.5 Å². The monoisotopic (exact) mass is 391 g/mol. The number of aromatic nitrogens is 4. The molecule has 4 rings (SSSR count). The van der Waals surface area contributed by atoms with Gasteiger partial charge in [0.05, 0.1) is 6.61 Å². The van der Waals surface area contributed by atoms with Gasteiger partial charge >= 0.3 is 0 Å². The number of hydrogen-bond acceptors (Lipinski definition) is 5. The van der Waals surface area contributed by atoms with Crippen molar-refractivity contribution in [3.05, 3.63) is 54.1 Å². The minimum absolute atomic E-state index is 0.0271. The van der Waals surface area contributed by atoms with Crippen molar-refractivity contribution in [1.82, 2.24) is 20.2 Å². The van der Waals surface area contributed by atoms with Gasteiger partial charge in [-0.05, 0) is 60.4 Å². The van der Waals surface area contributed by atoms with Gasteiger partial charge in [0.1, 0.15) is 12.3 Å². The number of fused-ring (bicyclic) bond motifs is 1. The van der Waals surface area contributed by atoms with E-state index in [0.717, 1.165) is 49.2 Å². The molecule has 2 heterocycles. The predicted molar refractivity (Wildman–Crippen MR) is 111 cm³/mol. The van der Waals surface area contributed by atoms with E-state index in [-0.39, 0.29) is 12.5 Å². The van der Waals surface area contributed by atoms with Crippen molar-refractivity contribution in [3.63, 3.8) is 0 Å². The highest BCUT2D eigenvalue weighted by atomic mass is 16.5. The maximum atomic E-state index is 12.8. The molecule has 1 amide bonds. The summed E-state index contributed by atoms with van der Waals surface area (Å²) in [6.45, 7) is 3.64. The molecule has 29 heavy (non-hydrogen) atoms. The summed E-state index contributed by atoms with van der Waals surface area (Å²) < 4.78 is 5.68. The standard InChI is InChI=1S/C22H25N5O2/c1-2-3-15-29-19-12-10-18(11-13-19)22-23-25-27(24-22)16-21(28)26-14-6-8-17-7-4-5-9-20(17)26/h4-5,7,9-13H,2-3,6,8,14-16H2,1H3. The lowest BCUT2D eigenvalue weighted by atomic mass is 10.0. The Kier molecular flexibility index (Phi) is 5.84. The first-order valence-electron chi connectivity index (χ1n) is 10.1. The smallest absolute Gasteiger partial charge is 0.250 e. The molecule has 0 unspecified atom stereocenters. The normalized spacial score (nSPS) is 13.2. The highest BCUT2D eigenvalue weighted by Gasteiger charge is 2.23. The van der Waals surface area contributed by atoms with E-state index >= 15 is 0 Å². The number of ether oxygens (including phenoxy) is 1. The van der Waals surface area contributed by atoms with Crippen LogP contribution in [-0.2, 0) is 17.8 Å². The topological polar surface area (TPSA) is 73.1 Å². The quantitative estimate of drug-likeness (QED) is 0.577. The lowest BCUT2D eigenvalue weighted by Crippen LogP contribution is -2.38. The molecule has 0 fully saturated rings. The molecular weight excluding hydrogens is 366 g/mol. The average Bonchev–Trinajstić information content (AvgIpc) is 3.22. The largest absolute Gasteiger partial charge is 0.494 e. The second kappa shape index (κ2) is 8.86. The molecule has 0 atom stereocenters. The van der Waals surface area contributed by atoms with Crippen LogP contribution in [0.3, 0.4) is 0 Å². The number of anilines is 1. The second-order valence-corrected chi connectivity index (χ2v) is 7.15. The summed E-state index contributed by atoms with van der Waals surface area (Å²) in [6.07, 6.45) is 4.11. The first-order chi connectivity index (χ1) is 14.2. The molecule has 7 heteroatoms. The predicted octanol–water partition coefficient (Wildman–Crippen LogP) is 3.50. The molecule has 0 saturated heterocycles. The summed E-state index contributed by atoms with van der Waals surface area (Å²) in [5.74, 6) is 1.30. The van der Waals surface area contributed by atoms with Crippen LogP contribution in [-0.4, -0.2) is 39.3 Å². The van der Waals surface area contributed by atoms with E-state index in [1.807, 2.05) is 47.4 Å². The van der Waals surface area contributed by atoms with Crippen LogP contribution in [0.1, 0.15) is 31.7 Å². The van der Waals surface area contributed by atoms with Crippen LogP contribution in [0.4, 0.5) is 5.69 Å². The lowest BCUT2D eigenvalue weighted by molar-refractivity contribution is -0.119. The lowest BCUT2D eigenvalue weighted by Gasteiger charge is -2.29. The van der Waals surface area contributed by atoms with Gasteiger partial charge in [0.25, 0.3) is 5.91 Å². The van der Waals surface area contributed by atoms with Gasteiger partial charge in [-0.25, -0.2) is 0 Å². The molecule has 2 aromatic carbocycles. The van der Waals surface area contributed by atoms with Crippen LogP contribution < -0.4 is 9.64 Å². The molecule has 1 aliphatic rings. The van der Waals surface area contributed by atoms with Gasteiger partial charge in [0.2, 0.25) is 5.82 Å². The Balaban J connectivity index is 1.41. The number of aryl methyl sites for hydroxylation is 1. The van der Waals surface area contributed by atoms with Crippen molar-refractivity contribution < 1.29 is 9.53 Å². The van der Waals surface area contributed by atoms with Crippen LogP contribution in [0.25, 0.3) is 11.4 Å². The molecule has 0 bridgehead atoms. The van der Waals surface area contributed by atoms with E-state index < -0.39 is 0 Å². The number of benzene rings is 2. The number of carbonyl (C=O) groups excluding carboxylic acids is 1. The number of amides is 1. The number of tetrazole rings is 1. The fourth-order valence-electron chi connectivity index (χ4n) is 3.46. The number of unbranched alkanes of at least 4 members (excludes halogenated alkanes) is 1. The van der Waals surface area contributed by atoms with Crippen molar-refractivity contribution >= 4 is 11.6 Å². The van der Waals surface area contributed by atoms with Crippen molar-refractivity contribution in [2.75, 3.05) is 18.1 Å². The Morgan fingerprint density at radius 2 is 1.97 bits per heavy atom. The van der Waals surface area contributed by atoms with E-state index in [0.29, 0.717) is 12.4 Å². The Labute approximate surface area is 170 Å². The number of para-hydroxylation sites is 1. The molecule has 0 N–H and O–H groups in total.